The highest BCUT2D eigenvalue weighted by Crippen LogP contribution is 2.40. The summed E-state index contributed by atoms with van der Waals surface area (Å²) in [6, 6.07) is 10.0. The second-order valence-corrected chi connectivity index (χ2v) is 5.33. The van der Waals surface area contributed by atoms with E-state index in [1.54, 1.807) is 37.3 Å². The van der Waals surface area contributed by atoms with Gasteiger partial charge in [-0.1, -0.05) is 26.0 Å². The molecule has 3 heteroatoms. The van der Waals surface area contributed by atoms with Crippen molar-refractivity contribution in [1.29, 1.82) is 0 Å². The Morgan fingerprint density at radius 1 is 0.895 bits per heavy atom. The van der Waals surface area contributed by atoms with Crippen LogP contribution in [-0.2, 0) is 5.41 Å². The summed E-state index contributed by atoms with van der Waals surface area (Å²) in [4.78, 5) is 0. The SMILES string of the molecule is Cc1cc(O)c(C(C)(C)c2cccc(O)c2)cc1O. The van der Waals surface area contributed by atoms with Crippen molar-refractivity contribution in [3.05, 3.63) is 53.1 Å². The van der Waals surface area contributed by atoms with Crippen molar-refractivity contribution in [2.45, 2.75) is 26.2 Å². The number of hydrogen-bond acceptors (Lipinski definition) is 3. The fourth-order valence-corrected chi connectivity index (χ4v) is 2.23. The molecule has 0 fully saturated rings. The zero-order valence-electron chi connectivity index (χ0n) is 11.3. The normalized spacial score (nSPS) is 11.5. The van der Waals surface area contributed by atoms with Crippen molar-refractivity contribution < 1.29 is 15.3 Å². The van der Waals surface area contributed by atoms with Gasteiger partial charge in [-0.2, -0.15) is 0 Å². The molecule has 0 atom stereocenters. The van der Waals surface area contributed by atoms with Crippen LogP contribution in [0.15, 0.2) is 36.4 Å². The zero-order chi connectivity index (χ0) is 14.2. The summed E-state index contributed by atoms with van der Waals surface area (Å²) >= 11 is 0. The van der Waals surface area contributed by atoms with Gasteiger partial charge in [-0.3, -0.25) is 0 Å². The van der Waals surface area contributed by atoms with E-state index < -0.39 is 5.41 Å². The molecule has 0 radical (unpaired) electrons. The predicted molar refractivity (Wildman–Crippen MR) is 74.7 cm³/mol. The molecule has 0 saturated carbocycles. The Balaban J connectivity index is 2.59. The van der Waals surface area contributed by atoms with E-state index >= 15 is 0 Å². The minimum atomic E-state index is -0.520. The molecule has 0 unspecified atom stereocenters. The number of benzene rings is 2. The first-order valence-corrected chi connectivity index (χ1v) is 6.15. The maximum atomic E-state index is 10.1. The standard InChI is InChI=1S/C16H18O3/c1-10-7-15(19)13(9-14(10)18)16(2,3)11-5-4-6-12(17)8-11/h4-9,17-19H,1-3H3. The lowest BCUT2D eigenvalue weighted by atomic mass is 9.77. The van der Waals surface area contributed by atoms with Gasteiger partial charge in [-0.15, -0.1) is 0 Å². The van der Waals surface area contributed by atoms with E-state index in [0.717, 1.165) is 5.56 Å². The van der Waals surface area contributed by atoms with E-state index in [2.05, 4.69) is 0 Å². The van der Waals surface area contributed by atoms with E-state index in [1.165, 1.54) is 0 Å². The highest BCUT2D eigenvalue weighted by Gasteiger charge is 2.27. The molecule has 0 aliphatic heterocycles. The van der Waals surface area contributed by atoms with Crippen LogP contribution >= 0.6 is 0 Å². The van der Waals surface area contributed by atoms with Crippen molar-refractivity contribution in [2.75, 3.05) is 0 Å². The second kappa shape index (κ2) is 4.50. The van der Waals surface area contributed by atoms with Crippen LogP contribution in [0, 0.1) is 6.92 Å². The molecule has 19 heavy (non-hydrogen) atoms. The van der Waals surface area contributed by atoms with E-state index in [9.17, 15) is 15.3 Å². The Kier molecular flexibility index (Phi) is 3.14. The van der Waals surface area contributed by atoms with Crippen LogP contribution in [0.5, 0.6) is 17.2 Å². The highest BCUT2D eigenvalue weighted by atomic mass is 16.3. The number of rotatable bonds is 2. The summed E-state index contributed by atoms with van der Waals surface area (Å²) in [5.74, 6) is 0.478. The number of hydrogen-bond donors (Lipinski definition) is 3. The van der Waals surface area contributed by atoms with Gasteiger partial charge in [0.05, 0.1) is 0 Å². The van der Waals surface area contributed by atoms with Gasteiger partial charge in [-0.25, -0.2) is 0 Å². The summed E-state index contributed by atoms with van der Waals surface area (Å²) in [6.07, 6.45) is 0. The Labute approximate surface area is 112 Å². The molecule has 0 aliphatic rings. The molecule has 0 bridgehead atoms. The Bertz CT molecular complexity index is 615. The van der Waals surface area contributed by atoms with Gasteiger partial charge in [0, 0.05) is 11.0 Å². The van der Waals surface area contributed by atoms with Crippen molar-refractivity contribution >= 4 is 0 Å². The van der Waals surface area contributed by atoms with Crippen molar-refractivity contribution in [3.8, 4) is 17.2 Å². The molecule has 2 aromatic rings. The number of phenols is 3. The monoisotopic (exact) mass is 258 g/mol. The van der Waals surface area contributed by atoms with Crippen LogP contribution in [0.25, 0.3) is 0 Å². The van der Waals surface area contributed by atoms with Gasteiger partial charge in [0.2, 0.25) is 0 Å². The molecule has 0 saturated heterocycles. The molecule has 3 nitrogen and oxygen atoms in total. The molecule has 0 aromatic heterocycles. The molecular formula is C16H18O3. The third-order valence-corrected chi connectivity index (χ3v) is 3.56. The Morgan fingerprint density at radius 3 is 2.21 bits per heavy atom. The maximum Gasteiger partial charge on any atom is 0.120 e. The fourth-order valence-electron chi connectivity index (χ4n) is 2.23. The summed E-state index contributed by atoms with van der Waals surface area (Å²) in [7, 11) is 0. The predicted octanol–water partition coefficient (Wildman–Crippen LogP) is 3.44. The first kappa shape index (κ1) is 13.3. The minimum Gasteiger partial charge on any atom is -0.508 e. The van der Waals surface area contributed by atoms with E-state index in [4.69, 9.17) is 0 Å². The molecule has 0 aliphatic carbocycles. The Hall–Kier alpha value is -2.16. The van der Waals surface area contributed by atoms with Crippen LogP contribution in [0.3, 0.4) is 0 Å². The fraction of sp³-hybridized carbons (Fsp3) is 0.250. The third-order valence-electron chi connectivity index (χ3n) is 3.56. The van der Waals surface area contributed by atoms with Crippen molar-refractivity contribution in [3.63, 3.8) is 0 Å². The molecule has 0 heterocycles. The van der Waals surface area contributed by atoms with Gasteiger partial charge in [0.15, 0.2) is 0 Å². The van der Waals surface area contributed by atoms with Gasteiger partial charge >= 0.3 is 0 Å². The van der Waals surface area contributed by atoms with Gasteiger partial charge in [0.25, 0.3) is 0 Å². The quantitative estimate of drug-likeness (QED) is 0.723. The topological polar surface area (TPSA) is 60.7 Å². The van der Waals surface area contributed by atoms with Crippen LogP contribution < -0.4 is 0 Å². The van der Waals surface area contributed by atoms with Crippen LogP contribution in [0.4, 0.5) is 0 Å². The zero-order valence-corrected chi connectivity index (χ0v) is 11.3. The van der Waals surface area contributed by atoms with Crippen LogP contribution in [0.1, 0.15) is 30.5 Å². The van der Waals surface area contributed by atoms with E-state index in [1.807, 2.05) is 19.9 Å². The Morgan fingerprint density at radius 2 is 1.58 bits per heavy atom. The van der Waals surface area contributed by atoms with Crippen molar-refractivity contribution in [1.82, 2.24) is 0 Å². The second-order valence-electron chi connectivity index (χ2n) is 5.33. The molecule has 2 aromatic carbocycles. The average molecular weight is 258 g/mol. The summed E-state index contributed by atoms with van der Waals surface area (Å²) < 4.78 is 0. The largest absolute Gasteiger partial charge is 0.508 e. The molecular weight excluding hydrogens is 240 g/mol. The number of phenolic OH excluding ortho intramolecular Hbond substituents is 3. The van der Waals surface area contributed by atoms with Gasteiger partial charge in [0.1, 0.15) is 17.2 Å². The minimum absolute atomic E-state index is 0.142. The van der Waals surface area contributed by atoms with Crippen molar-refractivity contribution in [2.24, 2.45) is 0 Å². The molecule has 0 spiro atoms. The van der Waals surface area contributed by atoms with Gasteiger partial charge in [-0.05, 0) is 42.3 Å². The summed E-state index contributed by atoms with van der Waals surface area (Å²) in [6.45, 7) is 5.61. The highest BCUT2D eigenvalue weighted by molar-refractivity contribution is 5.52. The molecule has 0 amide bonds. The number of aryl methyl sites for hydroxylation is 1. The lowest BCUT2D eigenvalue weighted by molar-refractivity contribution is 0.437. The van der Waals surface area contributed by atoms with E-state index in [-0.39, 0.29) is 17.2 Å². The molecule has 2 rings (SSSR count). The number of aromatic hydroxyl groups is 3. The lowest BCUT2D eigenvalue weighted by Gasteiger charge is -2.27. The van der Waals surface area contributed by atoms with Crippen LogP contribution in [0.2, 0.25) is 0 Å². The first-order valence-electron chi connectivity index (χ1n) is 6.15. The van der Waals surface area contributed by atoms with Gasteiger partial charge < -0.3 is 15.3 Å². The summed E-state index contributed by atoms with van der Waals surface area (Å²) in [5.41, 5.74) is 1.61. The van der Waals surface area contributed by atoms with Crippen LogP contribution in [-0.4, -0.2) is 15.3 Å². The molecule has 100 valence electrons. The lowest BCUT2D eigenvalue weighted by Crippen LogP contribution is -2.19. The first-order chi connectivity index (χ1) is 8.82. The average Bonchev–Trinajstić information content (AvgIpc) is 2.33. The third kappa shape index (κ3) is 2.36. The maximum absolute atomic E-state index is 10.1. The smallest absolute Gasteiger partial charge is 0.120 e. The summed E-state index contributed by atoms with van der Waals surface area (Å²) in [5, 5.41) is 29.5. The van der Waals surface area contributed by atoms with E-state index in [0.29, 0.717) is 11.1 Å². The molecule has 3 N–H and O–H groups in total.